The van der Waals surface area contributed by atoms with E-state index in [9.17, 15) is 19.5 Å². The smallest absolute Gasteiger partial charge is 0.296 e. The number of likely N-dealkylation sites (tertiary alicyclic amines) is 1. The number of nitrogens with zero attached hydrogens (tertiary/aromatic N) is 2. The minimum absolute atomic E-state index is 0.0335. The first kappa shape index (κ1) is 21.8. The average Bonchev–Trinajstić information content (AvgIpc) is 3.17. The zero-order chi connectivity index (χ0) is 23.0. The number of methoxy groups -OCH3 is 1. The zero-order valence-electron chi connectivity index (χ0n) is 18.4. The van der Waals surface area contributed by atoms with Crippen molar-refractivity contribution >= 4 is 29.0 Å². The Labute approximate surface area is 186 Å². The number of hydrogen-bond donors (Lipinski definition) is 1. The topological polar surface area (TPSA) is 87.2 Å². The van der Waals surface area contributed by atoms with Gasteiger partial charge in [0.25, 0.3) is 17.6 Å². The van der Waals surface area contributed by atoms with Gasteiger partial charge in [-0.05, 0) is 19.4 Å². The van der Waals surface area contributed by atoms with Crippen LogP contribution in [0.15, 0.2) is 54.1 Å². The fourth-order valence-electron chi connectivity index (χ4n) is 4.65. The Kier molecular flexibility index (Phi) is 5.60. The van der Waals surface area contributed by atoms with E-state index in [0.29, 0.717) is 29.8 Å². The van der Waals surface area contributed by atoms with Gasteiger partial charge in [-0.25, -0.2) is 0 Å². The molecular weight excluding hydrogens is 408 g/mol. The van der Waals surface area contributed by atoms with Crippen LogP contribution >= 0.6 is 0 Å². The van der Waals surface area contributed by atoms with Crippen LogP contribution in [0.4, 0.5) is 5.69 Å². The van der Waals surface area contributed by atoms with Crippen molar-refractivity contribution in [3.63, 3.8) is 0 Å². The number of carbonyl (C=O) groups excluding carboxylic acids is 3. The zero-order valence-corrected chi connectivity index (χ0v) is 18.4. The summed E-state index contributed by atoms with van der Waals surface area (Å²) >= 11 is 0. The molecule has 1 fully saturated rings. The van der Waals surface area contributed by atoms with Gasteiger partial charge in [0.1, 0.15) is 5.76 Å². The molecule has 1 spiro atoms. The predicted octanol–water partition coefficient (Wildman–Crippen LogP) is 2.97. The Morgan fingerprint density at radius 2 is 1.72 bits per heavy atom. The van der Waals surface area contributed by atoms with Gasteiger partial charge in [-0.2, -0.15) is 0 Å². The molecule has 2 aliphatic rings. The average molecular weight is 434 g/mol. The van der Waals surface area contributed by atoms with E-state index in [0.717, 1.165) is 5.56 Å². The first-order valence-corrected chi connectivity index (χ1v) is 10.7. The molecule has 0 aliphatic carbocycles. The monoisotopic (exact) mass is 434 g/mol. The molecule has 1 saturated heterocycles. The van der Waals surface area contributed by atoms with Crippen LogP contribution in [-0.4, -0.2) is 54.4 Å². The lowest BCUT2D eigenvalue weighted by Gasteiger charge is -2.34. The molecule has 2 heterocycles. The van der Waals surface area contributed by atoms with E-state index in [2.05, 4.69) is 0 Å². The van der Waals surface area contributed by atoms with Crippen molar-refractivity contribution in [3.8, 4) is 0 Å². The SMILES string of the molecule is CCCN1C(=O)[C@]2(C(=C(O)c3ccc(C)cc3)C(=O)C(=O)N2CCOC)c2ccccc21. The summed E-state index contributed by atoms with van der Waals surface area (Å²) in [6.45, 7) is 4.46. The van der Waals surface area contributed by atoms with Gasteiger partial charge in [-0.1, -0.05) is 55.0 Å². The van der Waals surface area contributed by atoms with Crippen molar-refractivity contribution in [1.29, 1.82) is 0 Å². The Hall–Kier alpha value is -3.45. The molecule has 2 aromatic carbocycles. The maximum Gasteiger partial charge on any atom is 0.296 e. The van der Waals surface area contributed by atoms with Crippen LogP contribution in [-0.2, 0) is 24.7 Å². The van der Waals surface area contributed by atoms with Gasteiger partial charge in [0.05, 0.1) is 17.9 Å². The van der Waals surface area contributed by atoms with Crippen LogP contribution in [0.2, 0.25) is 0 Å². The van der Waals surface area contributed by atoms with E-state index in [1.54, 1.807) is 47.4 Å². The van der Waals surface area contributed by atoms with E-state index < -0.39 is 23.1 Å². The molecule has 0 bridgehead atoms. The number of aryl methyl sites for hydroxylation is 1. The molecule has 32 heavy (non-hydrogen) atoms. The van der Waals surface area contributed by atoms with E-state index in [1.807, 2.05) is 19.9 Å². The van der Waals surface area contributed by atoms with Crippen molar-refractivity contribution in [2.24, 2.45) is 0 Å². The molecule has 1 atom stereocenters. The van der Waals surface area contributed by atoms with Crippen LogP contribution in [0.1, 0.15) is 30.0 Å². The highest BCUT2D eigenvalue weighted by Crippen LogP contribution is 2.53. The number of ether oxygens (including phenoxy) is 1. The molecule has 2 aromatic rings. The van der Waals surface area contributed by atoms with Crippen LogP contribution in [0, 0.1) is 6.92 Å². The number of ketones is 1. The summed E-state index contributed by atoms with van der Waals surface area (Å²) in [4.78, 5) is 43.4. The summed E-state index contributed by atoms with van der Waals surface area (Å²) in [6, 6.07) is 14.1. The quantitative estimate of drug-likeness (QED) is 0.429. The van der Waals surface area contributed by atoms with Gasteiger partial charge in [0.15, 0.2) is 5.54 Å². The summed E-state index contributed by atoms with van der Waals surface area (Å²) in [5.74, 6) is -2.47. The molecule has 7 heteroatoms. The van der Waals surface area contributed by atoms with Gasteiger partial charge in [0.2, 0.25) is 0 Å². The highest BCUT2D eigenvalue weighted by atomic mass is 16.5. The Balaban J connectivity index is 2.05. The van der Waals surface area contributed by atoms with Crippen molar-refractivity contribution in [2.45, 2.75) is 25.8 Å². The molecule has 0 radical (unpaired) electrons. The highest BCUT2D eigenvalue weighted by molar-refractivity contribution is 6.50. The van der Waals surface area contributed by atoms with Crippen molar-refractivity contribution in [2.75, 3.05) is 31.7 Å². The molecular formula is C25H26N2O5. The van der Waals surface area contributed by atoms with E-state index >= 15 is 0 Å². The normalized spacial score (nSPS) is 21.7. The summed E-state index contributed by atoms with van der Waals surface area (Å²) < 4.78 is 5.17. The molecule has 1 N–H and O–H groups in total. The molecule has 4 rings (SSSR count). The molecule has 0 aromatic heterocycles. The maximum absolute atomic E-state index is 14.0. The molecule has 0 saturated carbocycles. The fraction of sp³-hybridized carbons (Fsp3) is 0.320. The third-order valence-corrected chi connectivity index (χ3v) is 6.10. The van der Waals surface area contributed by atoms with E-state index in [1.165, 1.54) is 12.0 Å². The lowest BCUT2D eigenvalue weighted by Crippen LogP contribution is -2.52. The number of carbonyl (C=O) groups is 3. The number of benzene rings is 2. The predicted molar refractivity (Wildman–Crippen MR) is 120 cm³/mol. The van der Waals surface area contributed by atoms with Crippen molar-refractivity contribution in [1.82, 2.24) is 4.90 Å². The third kappa shape index (κ3) is 2.96. The lowest BCUT2D eigenvalue weighted by molar-refractivity contribution is -0.144. The molecule has 166 valence electrons. The number of anilines is 1. The number of aliphatic hydroxyl groups is 1. The first-order valence-electron chi connectivity index (χ1n) is 10.7. The first-order chi connectivity index (χ1) is 15.4. The minimum atomic E-state index is -1.73. The number of aliphatic hydroxyl groups excluding tert-OH is 1. The lowest BCUT2D eigenvalue weighted by atomic mass is 9.82. The minimum Gasteiger partial charge on any atom is -0.507 e. The molecule has 2 amide bonds. The Bertz CT molecular complexity index is 1120. The second-order valence-corrected chi connectivity index (χ2v) is 8.05. The second kappa shape index (κ2) is 8.24. The molecule has 0 unspecified atom stereocenters. The van der Waals surface area contributed by atoms with Crippen molar-refractivity contribution in [3.05, 3.63) is 70.8 Å². The van der Waals surface area contributed by atoms with Gasteiger partial charge >= 0.3 is 0 Å². The van der Waals surface area contributed by atoms with Gasteiger partial charge in [-0.3, -0.25) is 14.4 Å². The number of amides is 2. The number of Topliss-reactive ketones (excluding diaryl/α,β-unsaturated/α-hetero) is 1. The largest absolute Gasteiger partial charge is 0.507 e. The standard InChI is InChI=1S/C25H26N2O5/c1-4-13-26-19-8-6-5-7-18(19)25(24(26)31)20(21(28)17-11-9-16(2)10-12-17)22(29)23(30)27(25)14-15-32-3/h5-12,28H,4,13-15H2,1-3H3/t25-/m1/s1. The van der Waals surface area contributed by atoms with Crippen LogP contribution < -0.4 is 4.90 Å². The number of para-hydroxylation sites is 1. The van der Waals surface area contributed by atoms with Crippen LogP contribution in [0.3, 0.4) is 0 Å². The second-order valence-electron chi connectivity index (χ2n) is 8.05. The maximum atomic E-state index is 14.0. The Morgan fingerprint density at radius 3 is 2.38 bits per heavy atom. The Morgan fingerprint density at radius 1 is 1.03 bits per heavy atom. The van der Waals surface area contributed by atoms with E-state index in [-0.39, 0.29) is 24.5 Å². The molecule has 7 nitrogen and oxygen atoms in total. The van der Waals surface area contributed by atoms with Crippen molar-refractivity contribution < 1.29 is 24.2 Å². The van der Waals surface area contributed by atoms with Crippen LogP contribution in [0.25, 0.3) is 5.76 Å². The van der Waals surface area contributed by atoms with Gasteiger partial charge in [0, 0.05) is 31.3 Å². The van der Waals surface area contributed by atoms with E-state index in [4.69, 9.17) is 4.74 Å². The van der Waals surface area contributed by atoms with Gasteiger partial charge < -0.3 is 19.6 Å². The highest BCUT2D eigenvalue weighted by Gasteiger charge is 2.66. The summed E-state index contributed by atoms with van der Waals surface area (Å²) in [7, 11) is 1.49. The summed E-state index contributed by atoms with van der Waals surface area (Å²) in [5, 5.41) is 11.3. The molecule has 2 aliphatic heterocycles. The summed E-state index contributed by atoms with van der Waals surface area (Å²) in [5.41, 5.74) is 0.583. The van der Waals surface area contributed by atoms with Gasteiger partial charge in [-0.15, -0.1) is 0 Å². The number of hydrogen-bond acceptors (Lipinski definition) is 5. The summed E-state index contributed by atoms with van der Waals surface area (Å²) in [6.07, 6.45) is 0.694. The fourth-order valence-corrected chi connectivity index (χ4v) is 4.65. The number of fused-ring (bicyclic) bond motifs is 2. The number of rotatable bonds is 6. The third-order valence-electron chi connectivity index (χ3n) is 6.10. The van der Waals surface area contributed by atoms with Crippen LogP contribution in [0.5, 0.6) is 0 Å².